The van der Waals surface area contributed by atoms with Crippen LogP contribution in [0.1, 0.15) is 0 Å². The number of nitrogens with zero attached hydrogens (tertiary/aromatic N) is 2. The summed E-state index contributed by atoms with van der Waals surface area (Å²) in [6.45, 7) is 0. The summed E-state index contributed by atoms with van der Waals surface area (Å²) in [6.07, 6.45) is 0. The van der Waals surface area contributed by atoms with Gasteiger partial charge in [-0.1, -0.05) is 0 Å². The number of nitrogens with two attached hydrogens (primary N) is 2. The van der Waals surface area contributed by atoms with E-state index in [2.05, 4.69) is 11.5 Å². The Morgan fingerprint density at radius 2 is 1.23 bits per heavy atom. The van der Waals surface area contributed by atoms with Crippen molar-refractivity contribution in [1.29, 1.82) is 0 Å². The Balaban J connectivity index is 4.99. The Bertz CT molecular complexity index is 296. The second-order valence-corrected chi connectivity index (χ2v) is 4.08. The minimum Gasteiger partial charge on any atom is -0.262 e. The summed E-state index contributed by atoms with van der Waals surface area (Å²) < 4.78 is 21.6. The summed E-state index contributed by atoms with van der Waals surface area (Å²) in [5, 5.41) is 19.8. The van der Waals surface area contributed by atoms with E-state index in [-0.39, 0.29) is 0 Å². The van der Waals surface area contributed by atoms with E-state index in [0.717, 1.165) is 0 Å². The van der Waals surface area contributed by atoms with E-state index in [4.69, 9.17) is 0 Å². The normalized spacial score (nSPS) is 16.2. The molecule has 0 rings (SSSR count). The van der Waals surface area contributed by atoms with E-state index >= 15 is 0 Å². The molecule has 13 heavy (non-hydrogen) atoms. The van der Waals surface area contributed by atoms with E-state index < -0.39 is 30.7 Å². The van der Waals surface area contributed by atoms with Crippen LogP contribution in [0, 0.1) is 20.2 Å². The van der Waals surface area contributed by atoms with Crippen LogP contribution in [0.5, 0.6) is 0 Å². The van der Waals surface area contributed by atoms with Crippen molar-refractivity contribution in [1.82, 2.24) is 0 Å². The zero-order valence-corrected chi connectivity index (χ0v) is 6.88. The van der Waals surface area contributed by atoms with Gasteiger partial charge in [0, 0.05) is 0 Å². The van der Waals surface area contributed by atoms with Crippen LogP contribution in [-0.2, 0) is 9.84 Å². The molecule has 0 aliphatic heterocycles. The molecule has 0 aromatic heterocycles. The zero-order chi connectivity index (χ0) is 10.8. The molecule has 11 heteroatoms. The molecule has 0 saturated carbocycles. The van der Waals surface area contributed by atoms with Gasteiger partial charge in [0.2, 0.25) is 0 Å². The van der Waals surface area contributed by atoms with Gasteiger partial charge in [-0.05, 0) is 0 Å². The molecule has 0 amide bonds. The first-order valence-corrected chi connectivity index (χ1v) is 4.33. The molecular weight excluding hydrogens is 208 g/mol. The smallest absolute Gasteiger partial charge is 0.262 e. The maximum atomic E-state index is 10.8. The summed E-state index contributed by atoms with van der Waals surface area (Å²) in [4.78, 5) is 17.0. The number of rotatable bonds is 4. The summed E-state index contributed by atoms with van der Waals surface area (Å²) in [6, 6.07) is 0. The highest BCUT2D eigenvalue weighted by Crippen LogP contribution is 2.02. The van der Waals surface area contributed by atoms with Gasteiger partial charge in [-0.25, -0.2) is 8.42 Å². The number of sulfone groups is 1. The van der Waals surface area contributed by atoms with Crippen LogP contribution in [0.25, 0.3) is 0 Å². The van der Waals surface area contributed by atoms with Crippen LogP contribution in [0.15, 0.2) is 0 Å². The molecule has 0 radical (unpaired) electrons. The maximum Gasteiger partial charge on any atom is 0.371 e. The predicted octanol–water partition coefficient (Wildman–Crippen LogP) is -2.56. The molecule has 4 N–H and O–H groups in total. The van der Waals surface area contributed by atoms with E-state index in [1.807, 2.05) is 0 Å². The fourth-order valence-corrected chi connectivity index (χ4v) is 1.15. The first-order valence-electron chi connectivity index (χ1n) is 2.72. The highest BCUT2D eigenvalue weighted by molar-refractivity contribution is 7.92. The van der Waals surface area contributed by atoms with Crippen LogP contribution in [-0.4, -0.2) is 29.3 Å². The molecule has 0 heterocycles. The molecule has 2 unspecified atom stereocenters. The Labute approximate surface area is 71.7 Å². The predicted molar refractivity (Wildman–Crippen MR) is 38.9 cm³/mol. The van der Waals surface area contributed by atoms with Gasteiger partial charge in [0.05, 0.1) is 9.85 Å². The van der Waals surface area contributed by atoms with Gasteiger partial charge in [0.15, 0.2) is 0 Å². The lowest BCUT2D eigenvalue weighted by atomic mass is 11.2. The van der Waals surface area contributed by atoms with Gasteiger partial charge in [0.25, 0.3) is 0 Å². The molecular formula is C2H6N4O6S. The highest BCUT2D eigenvalue weighted by Gasteiger charge is 2.44. The van der Waals surface area contributed by atoms with Crippen molar-refractivity contribution in [2.45, 2.75) is 11.0 Å². The van der Waals surface area contributed by atoms with Crippen molar-refractivity contribution in [2.75, 3.05) is 0 Å². The van der Waals surface area contributed by atoms with Crippen LogP contribution in [0.4, 0.5) is 0 Å². The van der Waals surface area contributed by atoms with Crippen molar-refractivity contribution >= 4 is 9.84 Å². The van der Waals surface area contributed by atoms with E-state index in [9.17, 15) is 28.6 Å². The van der Waals surface area contributed by atoms with Crippen molar-refractivity contribution < 1.29 is 18.3 Å². The fourth-order valence-electron chi connectivity index (χ4n) is 0.383. The average molecular weight is 214 g/mol. The first kappa shape index (κ1) is 11.7. The molecule has 0 aromatic rings. The summed E-state index contributed by atoms with van der Waals surface area (Å²) in [5.41, 5.74) is 3.97. The van der Waals surface area contributed by atoms with Gasteiger partial charge in [-0.2, -0.15) is 0 Å². The Morgan fingerprint density at radius 1 is 1.00 bits per heavy atom. The third-order valence-corrected chi connectivity index (χ3v) is 2.78. The lowest BCUT2D eigenvalue weighted by molar-refractivity contribution is -0.510. The maximum absolute atomic E-state index is 10.8. The molecule has 0 aliphatic carbocycles. The third-order valence-electron chi connectivity index (χ3n) is 1.09. The molecule has 2 atom stereocenters. The molecule has 0 aromatic carbocycles. The third kappa shape index (κ3) is 2.30. The first-order chi connectivity index (χ1) is 5.71. The molecule has 76 valence electrons. The van der Waals surface area contributed by atoms with Gasteiger partial charge >= 0.3 is 20.8 Å². The van der Waals surface area contributed by atoms with Crippen LogP contribution >= 0.6 is 0 Å². The summed E-state index contributed by atoms with van der Waals surface area (Å²) in [7, 11) is -4.78. The number of hydrogen-bond acceptors (Lipinski definition) is 8. The Morgan fingerprint density at radius 3 is 1.38 bits per heavy atom. The summed E-state index contributed by atoms with van der Waals surface area (Å²) in [5.74, 6) is 0. The molecule has 0 saturated heterocycles. The largest absolute Gasteiger partial charge is 0.371 e. The van der Waals surface area contributed by atoms with Crippen molar-refractivity contribution in [3.05, 3.63) is 20.2 Å². The minimum absolute atomic E-state index is 1.38. The van der Waals surface area contributed by atoms with Gasteiger partial charge in [0.1, 0.15) is 0 Å². The SMILES string of the molecule is NC([N+](=O)[O-])S(=O)(=O)C(N)[N+](=O)[O-]. The Hall–Kier alpha value is -1.33. The zero-order valence-electron chi connectivity index (χ0n) is 6.06. The Kier molecular flexibility index (Phi) is 3.22. The summed E-state index contributed by atoms with van der Waals surface area (Å²) >= 11 is 0. The van der Waals surface area contributed by atoms with E-state index in [1.54, 1.807) is 0 Å². The van der Waals surface area contributed by atoms with Gasteiger partial charge in [-0.3, -0.25) is 31.7 Å². The second kappa shape index (κ2) is 3.59. The molecule has 0 fully saturated rings. The van der Waals surface area contributed by atoms with Crippen LogP contribution in [0.2, 0.25) is 0 Å². The molecule has 0 bridgehead atoms. The average Bonchev–Trinajstić information content (AvgIpc) is 2.01. The number of nitro groups is 2. The number of hydrogen-bond donors (Lipinski definition) is 2. The quantitative estimate of drug-likeness (QED) is 0.292. The van der Waals surface area contributed by atoms with Crippen LogP contribution in [0.3, 0.4) is 0 Å². The highest BCUT2D eigenvalue weighted by atomic mass is 32.2. The molecule has 10 nitrogen and oxygen atoms in total. The minimum atomic E-state index is -4.78. The standard InChI is InChI=1S/C2H6N4O6S/c3-1(5(7)8)13(11,12)2(4)6(9)10/h1-2H,3-4H2. The van der Waals surface area contributed by atoms with Crippen molar-refractivity contribution in [3.63, 3.8) is 0 Å². The molecule has 0 aliphatic rings. The van der Waals surface area contributed by atoms with Crippen molar-refractivity contribution in [2.24, 2.45) is 11.5 Å². The van der Waals surface area contributed by atoms with Crippen LogP contribution < -0.4 is 11.5 Å². The second-order valence-electron chi connectivity index (χ2n) is 1.94. The fraction of sp³-hybridized carbons (Fsp3) is 1.00. The van der Waals surface area contributed by atoms with E-state index in [0.29, 0.717) is 0 Å². The monoisotopic (exact) mass is 214 g/mol. The lowest BCUT2D eigenvalue weighted by Gasteiger charge is -2.06. The van der Waals surface area contributed by atoms with Gasteiger partial charge in [-0.15, -0.1) is 0 Å². The van der Waals surface area contributed by atoms with Gasteiger partial charge < -0.3 is 0 Å². The topological polar surface area (TPSA) is 172 Å². The van der Waals surface area contributed by atoms with E-state index in [1.165, 1.54) is 0 Å². The molecule has 0 spiro atoms. The lowest BCUT2D eigenvalue weighted by Crippen LogP contribution is -2.50. The van der Waals surface area contributed by atoms with Crippen molar-refractivity contribution in [3.8, 4) is 0 Å².